The average molecular weight is 346 g/mol. The minimum Gasteiger partial charge on any atom is -0.394 e. The number of hydrogen-bond acceptors (Lipinski definition) is 8. The van der Waals surface area contributed by atoms with Gasteiger partial charge < -0.3 is 30.4 Å². The Balaban J connectivity index is 1.93. The van der Waals surface area contributed by atoms with Gasteiger partial charge in [-0.2, -0.15) is 5.10 Å². The topological polar surface area (TPSA) is 155 Å². The minimum atomic E-state index is -1.63. The van der Waals surface area contributed by atoms with E-state index in [2.05, 4.69) is 20.2 Å². The van der Waals surface area contributed by atoms with Crippen molar-refractivity contribution in [2.24, 2.45) is 0 Å². The third-order valence-electron chi connectivity index (χ3n) is 4.62. The summed E-state index contributed by atoms with van der Waals surface area (Å²) in [5, 5.41) is 37.7. The van der Waals surface area contributed by atoms with Crippen molar-refractivity contribution in [2.75, 3.05) is 12.3 Å². The Morgan fingerprint density at radius 3 is 2.88 bits per heavy atom. The van der Waals surface area contributed by atoms with E-state index in [4.69, 9.17) is 10.5 Å². The summed E-state index contributed by atoms with van der Waals surface area (Å²) in [4.78, 5) is 8.29. The van der Waals surface area contributed by atoms with Crippen molar-refractivity contribution in [1.29, 1.82) is 0 Å². The number of ether oxygens (including phenoxy) is 1. The molecule has 0 spiro atoms. The van der Waals surface area contributed by atoms with Gasteiger partial charge in [0.25, 0.3) is 0 Å². The second-order valence-corrected chi connectivity index (χ2v) is 6.26. The smallest absolute Gasteiger partial charge is 0.167 e. The van der Waals surface area contributed by atoms with E-state index in [-0.39, 0.29) is 5.82 Å². The van der Waals surface area contributed by atoms with Crippen LogP contribution in [-0.4, -0.2) is 64.5 Å². The zero-order valence-electron chi connectivity index (χ0n) is 13.4. The highest BCUT2D eigenvalue weighted by molar-refractivity contribution is 5.99. The van der Waals surface area contributed by atoms with Crippen LogP contribution in [0.2, 0.25) is 0 Å². The third kappa shape index (κ3) is 2.23. The van der Waals surface area contributed by atoms with Crippen LogP contribution in [0, 0.1) is 0 Å². The highest BCUT2D eigenvalue weighted by atomic mass is 16.6. The van der Waals surface area contributed by atoms with Crippen molar-refractivity contribution in [3.63, 3.8) is 0 Å². The molecular formula is C15H18N6O4. The van der Waals surface area contributed by atoms with Crippen molar-refractivity contribution in [2.45, 2.75) is 31.0 Å². The van der Waals surface area contributed by atoms with E-state index in [1.54, 1.807) is 23.0 Å². The fraction of sp³-hybridized carbons (Fsp3) is 0.400. The highest BCUT2D eigenvalue weighted by Gasteiger charge is 2.53. The zero-order valence-corrected chi connectivity index (χ0v) is 13.4. The molecule has 132 valence electrons. The quantitative estimate of drug-likeness (QED) is 0.421. The Labute approximate surface area is 141 Å². The van der Waals surface area contributed by atoms with E-state index in [1.165, 1.54) is 13.3 Å². The molecule has 1 aliphatic heterocycles. The van der Waals surface area contributed by atoms with E-state index in [1.807, 2.05) is 0 Å². The SMILES string of the molecule is CC1(O)C(O)C(CO)OC1n1cc(-c2ccn[nH]2)c2c(N)ncnc21. The molecule has 3 aromatic rings. The first-order valence-corrected chi connectivity index (χ1v) is 7.72. The van der Waals surface area contributed by atoms with Gasteiger partial charge in [0, 0.05) is 18.0 Å². The summed E-state index contributed by atoms with van der Waals surface area (Å²) in [5.74, 6) is 0.269. The molecule has 4 heterocycles. The Hall–Kier alpha value is -2.53. The summed E-state index contributed by atoms with van der Waals surface area (Å²) in [6, 6.07) is 1.77. The molecule has 0 radical (unpaired) electrons. The molecule has 4 unspecified atom stereocenters. The maximum absolute atomic E-state index is 10.7. The summed E-state index contributed by atoms with van der Waals surface area (Å²) < 4.78 is 7.27. The fourth-order valence-electron chi connectivity index (χ4n) is 3.29. The average Bonchev–Trinajstić information content (AvgIpc) is 3.27. The van der Waals surface area contributed by atoms with Gasteiger partial charge >= 0.3 is 0 Å². The summed E-state index contributed by atoms with van der Waals surface area (Å²) in [6.07, 6.45) is 1.49. The molecule has 0 bridgehead atoms. The molecule has 0 saturated carbocycles. The van der Waals surface area contributed by atoms with E-state index in [0.717, 1.165) is 0 Å². The summed E-state index contributed by atoms with van der Waals surface area (Å²) in [5.41, 5.74) is 6.22. The van der Waals surface area contributed by atoms with Gasteiger partial charge in [-0.05, 0) is 13.0 Å². The van der Waals surface area contributed by atoms with E-state index in [0.29, 0.717) is 22.3 Å². The first-order chi connectivity index (χ1) is 11.9. The highest BCUT2D eigenvalue weighted by Crippen LogP contribution is 2.42. The van der Waals surface area contributed by atoms with Crippen LogP contribution < -0.4 is 5.73 Å². The molecule has 6 N–H and O–H groups in total. The molecule has 0 aromatic carbocycles. The standard InChI is InChI=1S/C15H18N6O4/c1-15(24)11(23)9(5-22)25-14(15)21-4-7(8-2-3-19-20-8)10-12(16)17-6-18-13(10)21/h2-4,6,9,11,14,22-24H,5H2,1H3,(H,19,20)(H2,16,17,18). The molecule has 1 saturated heterocycles. The van der Waals surface area contributed by atoms with Crippen molar-refractivity contribution in [3.05, 3.63) is 24.8 Å². The predicted octanol–water partition coefficient (Wildman–Crippen LogP) is -0.595. The number of aliphatic hydroxyl groups excluding tert-OH is 2. The molecule has 1 aliphatic rings. The number of anilines is 1. The van der Waals surface area contributed by atoms with Crippen molar-refractivity contribution < 1.29 is 20.1 Å². The Morgan fingerprint density at radius 2 is 2.24 bits per heavy atom. The van der Waals surface area contributed by atoms with Gasteiger partial charge in [-0.1, -0.05) is 0 Å². The molecule has 10 nitrogen and oxygen atoms in total. The Bertz CT molecular complexity index is 906. The lowest BCUT2D eigenvalue weighted by Gasteiger charge is -2.27. The molecule has 25 heavy (non-hydrogen) atoms. The number of H-pyrrole nitrogens is 1. The number of nitrogens with zero attached hydrogens (tertiary/aromatic N) is 4. The summed E-state index contributed by atoms with van der Waals surface area (Å²) in [6.45, 7) is 1.03. The predicted molar refractivity (Wildman–Crippen MR) is 87.1 cm³/mol. The molecular weight excluding hydrogens is 328 g/mol. The van der Waals surface area contributed by atoms with Gasteiger partial charge in [0.15, 0.2) is 6.23 Å². The van der Waals surface area contributed by atoms with Gasteiger partial charge in [-0.15, -0.1) is 0 Å². The van der Waals surface area contributed by atoms with Crippen LogP contribution in [0.4, 0.5) is 5.82 Å². The van der Waals surface area contributed by atoms with Gasteiger partial charge in [0.2, 0.25) is 0 Å². The van der Waals surface area contributed by atoms with Crippen LogP contribution in [0.1, 0.15) is 13.2 Å². The number of nitrogens with one attached hydrogen (secondary N) is 1. The molecule has 0 amide bonds. The van der Waals surface area contributed by atoms with Crippen LogP contribution in [0.3, 0.4) is 0 Å². The van der Waals surface area contributed by atoms with Crippen LogP contribution >= 0.6 is 0 Å². The first-order valence-electron chi connectivity index (χ1n) is 7.72. The number of aromatic amines is 1. The Kier molecular flexibility index (Phi) is 3.51. The van der Waals surface area contributed by atoms with Crippen molar-refractivity contribution in [1.82, 2.24) is 24.7 Å². The van der Waals surface area contributed by atoms with Gasteiger partial charge in [0.1, 0.15) is 35.6 Å². The fourth-order valence-corrected chi connectivity index (χ4v) is 3.29. The van der Waals surface area contributed by atoms with Crippen LogP contribution in [0.25, 0.3) is 22.3 Å². The van der Waals surface area contributed by atoms with Crippen LogP contribution in [0.15, 0.2) is 24.8 Å². The normalized spacial score (nSPS) is 29.5. The van der Waals surface area contributed by atoms with E-state index < -0.39 is 30.6 Å². The molecule has 4 atom stereocenters. The van der Waals surface area contributed by atoms with Crippen LogP contribution in [-0.2, 0) is 4.74 Å². The number of hydrogen-bond donors (Lipinski definition) is 5. The largest absolute Gasteiger partial charge is 0.394 e. The maximum Gasteiger partial charge on any atom is 0.167 e. The lowest BCUT2D eigenvalue weighted by molar-refractivity contribution is -0.0948. The number of fused-ring (bicyclic) bond motifs is 1. The molecule has 1 fully saturated rings. The summed E-state index contributed by atoms with van der Waals surface area (Å²) >= 11 is 0. The molecule has 4 rings (SSSR count). The lowest BCUT2D eigenvalue weighted by Crippen LogP contribution is -2.44. The zero-order chi connectivity index (χ0) is 17.8. The first kappa shape index (κ1) is 16.0. The third-order valence-corrected chi connectivity index (χ3v) is 4.62. The van der Waals surface area contributed by atoms with E-state index >= 15 is 0 Å². The number of nitrogen functional groups attached to an aromatic ring is 1. The van der Waals surface area contributed by atoms with Gasteiger partial charge in [0.05, 0.1) is 17.7 Å². The van der Waals surface area contributed by atoms with Crippen LogP contribution in [0.5, 0.6) is 0 Å². The number of aromatic nitrogens is 5. The van der Waals surface area contributed by atoms with Gasteiger partial charge in [-0.25, -0.2) is 9.97 Å². The monoisotopic (exact) mass is 346 g/mol. The Morgan fingerprint density at radius 1 is 1.44 bits per heavy atom. The molecule has 0 aliphatic carbocycles. The minimum absolute atomic E-state index is 0.269. The maximum atomic E-state index is 10.7. The second kappa shape index (κ2) is 5.49. The number of nitrogens with two attached hydrogens (primary N) is 1. The number of aliphatic hydroxyl groups is 3. The van der Waals surface area contributed by atoms with E-state index in [9.17, 15) is 15.3 Å². The van der Waals surface area contributed by atoms with Crippen molar-refractivity contribution >= 4 is 16.9 Å². The van der Waals surface area contributed by atoms with Crippen molar-refractivity contribution in [3.8, 4) is 11.3 Å². The lowest BCUT2D eigenvalue weighted by atomic mass is 9.96. The molecule has 3 aromatic heterocycles. The second-order valence-electron chi connectivity index (χ2n) is 6.26. The molecule has 10 heteroatoms. The van der Waals surface area contributed by atoms with Gasteiger partial charge in [-0.3, -0.25) is 5.10 Å². The number of rotatable bonds is 3. The summed E-state index contributed by atoms with van der Waals surface area (Å²) in [7, 11) is 0.